The number of hydrogen-bond donors (Lipinski definition) is 2. The SMILES string of the molecule is CC(O)C1CCCN(C(=O)NC(C)C(C)(C)c2ccccc2)C1. The van der Waals surface area contributed by atoms with Gasteiger partial charge in [0.1, 0.15) is 0 Å². The van der Waals surface area contributed by atoms with Crippen molar-refractivity contribution in [1.29, 1.82) is 0 Å². The van der Waals surface area contributed by atoms with Crippen LogP contribution in [0.25, 0.3) is 0 Å². The molecule has 1 aliphatic heterocycles. The van der Waals surface area contributed by atoms with Gasteiger partial charge in [-0.15, -0.1) is 0 Å². The summed E-state index contributed by atoms with van der Waals surface area (Å²) in [4.78, 5) is 14.4. The molecule has 1 aliphatic rings. The van der Waals surface area contributed by atoms with Crippen molar-refractivity contribution in [1.82, 2.24) is 10.2 Å². The molecule has 2 amide bonds. The highest BCUT2D eigenvalue weighted by Crippen LogP contribution is 2.27. The molecule has 128 valence electrons. The number of aliphatic hydroxyl groups excluding tert-OH is 1. The number of urea groups is 1. The fourth-order valence-corrected chi connectivity index (χ4v) is 3.16. The summed E-state index contributed by atoms with van der Waals surface area (Å²) < 4.78 is 0. The molecule has 4 heteroatoms. The zero-order valence-corrected chi connectivity index (χ0v) is 14.7. The number of hydrogen-bond acceptors (Lipinski definition) is 2. The van der Waals surface area contributed by atoms with E-state index >= 15 is 0 Å². The van der Waals surface area contributed by atoms with Crippen LogP contribution in [0.1, 0.15) is 46.1 Å². The Hall–Kier alpha value is -1.55. The molecule has 1 aromatic rings. The van der Waals surface area contributed by atoms with Crippen LogP contribution in [-0.4, -0.2) is 41.3 Å². The largest absolute Gasteiger partial charge is 0.393 e. The zero-order valence-electron chi connectivity index (χ0n) is 14.7. The van der Waals surface area contributed by atoms with Crippen LogP contribution in [0.4, 0.5) is 4.79 Å². The highest BCUT2D eigenvalue weighted by molar-refractivity contribution is 5.74. The highest BCUT2D eigenvalue weighted by Gasteiger charge is 2.32. The van der Waals surface area contributed by atoms with Crippen molar-refractivity contribution in [3.63, 3.8) is 0 Å². The molecule has 1 saturated heterocycles. The monoisotopic (exact) mass is 318 g/mol. The van der Waals surface area contributed by atoms with E-state index in [4.69, 9.17) is 0 Å². The van der Waals surface area contributed by atoms with Gasteiger partial charge in [0.25, 0.3) is 0 Å². The Balaban J connectivity index is 1.99. The van der Waals surface area contributed by atoms with E-state index in [-0.39, 0.29) is 29.5 Å². The van der Waals surface area contributed by atoms with Crippen LogP contribution >= 0.6 is 0 Å². The van der Waals surface area contributed by atoms with Crippen LogP contribution in [-0.2, 0) is 5.41 Å². The standard InChI is InChI=1S/C19H30N2O2/c1-14(22)16-9-8-12-21(13-16)18(23)20-15(2)19(3,4)17-10-6-5-7-11-17/h5-7,10-11,14-16,22H,8-9,12-13H2,1-4H3,(H,20,23). The lowest BCUT2D eigenvalue weighted by Crippen LogP contribution is -2.53. The van der Waals surface area contributed by atoms with E-state index in [9.17, 15) is 9.90 Å². The fraction of sp³-hybridized carbons (Fsp3) is 0.632. The molecule has 2 rings (SSSR count). The Morgan fingerprint density at radius 3 is 2.57 bits per heavy atom. The summed E-state index contributed by atoms with van der Waals surface area (Å²) >= 11 is 0. The lowest BCUT2D eigenvalue weighted by Gasteiger charge is -2.38. The summed E-state index contributed by atoms with van der Waals surface area (Å²) in [5.41, 5.74) is 1.07. The summed E-state index contributed by atoms with van der Waals surface area (Å²) in [5.74, 6) is 0.187. The molecule has 0 saturated carbocycles. The molecule has 0 radical (unpaired) electrons. The van der Waals surface area contributed by atoms with Crippen LogP contribution in [0.5, 0.6) is 0 Å². The molecule has 0 aromatic heterocycles. The minimum Gasteiger partial charge on any atom is -0.393 e. The van der Waals surface area contributed by atoms with Crippen LogP contribution < -0.4 is 5.32 Å². The minimum atomic E-state index is -0.358. The third kappa shape index (κ3) is 4.25. The highest BCUT2D eigenvalue weighted by atomic mass is 16.3. The molecule has 1 aromatic carbocycles. The average Bonchev–Trinajstić information content (AvgIpc) is 2.55. The first-order chi connectivity index (χ1) is 10.8. The molecular formula is C19H30N2O2. The number of piperidine rings is 1. The van der Waals surface area contributed by atoms with E-state index in [1.54, 1.807) is 0 Å². The quantitative estimate of drug-likeness (QED) is 0.896. The summed E-state index contributed by atoms with van der Waals surface area (Å²) in [7, 11) is 0. The summed E-state index contributed by atoms with van der Waals surface area (Å²) in [5, 5.41) is 12.9. The van der Waals surface area contributed by atoms with E-state index < -0.39 is 0 Å². The van der Waals surface area contributed by atoms with Gasteiger partial charge in [-0.2, -0.15) is 0 Å². The Bertz CT molecular complexity index is 513. The van der Waals surface area contributed by atoms with Crippen molar-refractivity contribution in [3.05, 3.63) is 35.9 Å². The first-order valence-electron chi connectivity index (χ1n) is 8.61. The van der Waals surface area contributed by atoms with E-state index in [1.807, 2.05) is 30.0 Å². The Morgan fingerprint density at radius 2 is 1.96 bits per heavy atom. The minimum absolute atomic E-state index is 0.0179. The topological polar surface area (TPSA) is 52.6 Å². The predicted octanol–water partition coefficient (Wildman–Crippen LogP) is 3.16. The van der Waals surface area contributed by atoms with Crippen LogP contribution in [0, 0.1) is 5.92 Å². The lowest BCUT2D eigenvalue weighted by atomic mass is 9.78. The summed E-state index contributed by atoms with van der Waals surface area (Å²) in [6, 6.07) is 10.3. The van der Waals surface area contributed by atoms with Crippen molar-refractivity contribution >= 4 is 6.03 Å². The van der Waals surface area contributed by atoms with Gasteiger partial charge in [0.2, 0.25) is 0 Å². The third-order valence-corrected chi connectivity index (χ3v) is 5.37. The van der Waals surface area contributed by atoms with Crippen molar-refractivity contribution in [2.75, 3.05) is 13.1 Å². The van der Waals surface area contributed by atoms with Crippen molar-refractivity contribution < 1.29 is 9.90 Å². The maximum atomic E-state index is 12.6. The van der Waals surface area contributed by atoms with Crippen LogP contribution in [0.2, 0.25) is 0 Å². The number of amides is 2. The Labute approximate surface area is 139 Å². The Kier molecular flexibility index (Phi) is 5.69. The first kappa shape index (κ1) is 17.8. The van der Waals surface area contributed by atoms with Gasteiger partial charge in [-0.25, -0.2) is 4.79 Å². The van der Waals surface area contributed by atoms with Crippen molar-refractivity contribution in [2.24, 2.45) is 5.92 Å². The third-order valence-electron chi connectivity index (χ3n) is 5.37. The normalized spacial score (nSPS) is 21.6. The molecule has 3 atom stereocenters. The number of nitrogens with one attached hydrogen (secondary N) is 1. The van der Waals surface area contributed by atoms with E-state index in [0.717, 1.165) is 19.4 Å². The number of rotatable bonds is 4. The molecule has 0 bridgehead atoms. The second-order valence-corrected chi connectivity index (χ2v) is 7.35. The van der Waals surface area contributed by atoms with Gasteiger partial charge in [-0.05, 0) is 32.3 Å². The van der Waals surface area contributed by atoms with Crippen molar-refractivity contribution in [2.45, 2.75) is 58.1 Å². The van der Waals surface area contributed by atoms with Gasteiger partial charge in [-0.3, -0.25) is 0 Å². The summed E-state index contributed by atoms with van der Waals surface area (Å²) in [6.07, 6.45) is 1.59. The van der Waals surface area contributed by atoms with Crippen molar-refractivity contribution in [3.8, 4) is 0 Å². The second kappa shape index (κ2) is 7.35. The molecule has 4 nitrogen and oxygen atoms in total. The molecule has 3 unspecified atom stereocenters. The van der Waals surface area contributed by atoms with Gasteiger partial charge in [0.05, 0.1) is 6.10 Å². The van der Waals surface area contributed by atoms with Gasteiger partial charge in [0, 0.05) is 30.5 Å². The molecule has 1 heterocycles. The lowest BCUT2D eigenvalue weighted by molar-refractivity contribution is 0.0728. The molecule has 23 heavy (non-hydrogen) atoms. The first-order valence-corrected chi connectivity index (χ1v) is 8.61. The number of benzene rings is 1. The molecule has 0 aliphatic carbocycles. The summed E-state index contributed by atoms with van der Waals surface area (Å²) in [6.45, 7) is 9.59. The Morgan fingerprint density at radius 1 is 1.30 bits per heavy atom. The average molecular weight is 318 g/mol. The van der Waals surface area contributed by atoms with Gasteiger partial charge in [-0.1, -0.05) is 44.2 Å². The molecular weight excluding hydrogens is 288 g/mol. The maximum Gasteiger partial charge on any atom is 0.317 e. The molecule has 0 spiro atoms. The number of likely N-dealkylation sites (tertiary alicyclic amines) is 1. The molecule has 2 N–H and O–H groups in total. The van der Waals surface area contributed by atoms with Crippen LogP contribution in [0.15, 0.2) is 30.3 Å². The molecule has 1 fully saturated rings. The number of carbonyl (C=O) groups is 1. The van der Waals surface area contributed by atoms with Gasteiger partial charge in [0.15, 0.2) is 0 Å². The fourth-order valence-electron chi connectivity index (χ4n) is 3.16. The van der Waals surface area contributed by atoms with Gasteiger partial charge < -0.3 is 15.3 Å². The zero-order chi connectivity index (χ0) is 17.0. The second-order valence-electron chi connectivity index (χ2n) is 7.35. The smallest absolute Gasteiger partial charge is 0.317 e. The van der Waals surface area contributed by atoms with Crippen LogP contribution in [0.3, 0.4) is 0 Å². The van der Waals surface area contributed by atoms with E-state index in [0.29, 0.717) is 6.54 Å². The maximum absolute atomic E-state index is 12.6. The predicted molar refractivity (Wildman–Crippen MR) is 93.4 cm³/mol. The van der Waals surface area contributed by atoms with Gasteiger partial charge >= 0.3 is 6.03 Å². The number of nitrogens with zero attached hydrogens (tertiary/aromatic N) is 1. The number of aliphatic hydroxyl groups is 1. The number of carbonyl (C=O) groups excluding carboxylic acids is 1. The van der Waals surface area contributed by atoms with E-state index in [2.05, 4.69) is 38.2 Å². The van der Waals surface area contributed by atoms with E-state index in [1.165, 1.54) is 5.56 Å².